The zero-order valence-corrected chi connectivity index (χ0v) is 11.1. The number of nitrogens with zero attached hydrogens (tertiary/aromatic N) is 1. The summed E-state index contributed by atoms with van der Waals surface area (Å²) >= 11 is 2.11. The lowest BCUT2D eigenvalue weighted by molar-refractivity contribution is 0.0578. The zero-order chi connectivity index (χ0) is 10.9. The van der Waals surface area contributed by atoms with Crippen LogP contribution in [0.2, 0.25) is 0 Å². The number of nitrogens with one attached hydrogen (secondary N) is 1. The van der Waals surface area contributed by atoms with E-state index in [1.165, 1.54) is 38.0 Å². The number of thioether (sulfide) groups is 1. The Bertz CT molecular complexity index is 214. The lowest BCUT2D eigenvalue weighted by Crippen LogP contribution is -2.57. The fourth-order valence-electron chi connectivity index (χ4n) is 2.66. The molecule has 0 amide bonds. The van der Waals surface area contributed by atoms with E-state index in [-0.39, 0.29) is 0 Å². The molecule has 1 saturated carbocycles. The highest BCUT2D eigenvalue weighted by atomic mass is 32.2. The standard InChI is InChI=1S/C12H24N2S/c1-10-7-11(8-15-10)13-9-12(14(2)3)5-4-6-12/h10-11,13H,4-9H2,1-3H3. The Hall–Kier alpha value is 0.270. The van der Waals surface area contributed by atoms with Crippen molar-refractivity contribution in [3.8, 4) is 0 Å². The van der Waals surface area contributed by atoms with Crippen molar-refractivity contribution in [1.82, 2.24) is 10.2 Å². The van der Waals surface area contributed by atoms with E-state index in [0.717, 1.165) is 11.3 Å². The highest BCUT2D eigenvalue weighted by Crippen LogP contribution is 2.36. The summed E-state index contributed by atoms with van der Waals surface area (Å²) in [5.74, 6) is 1.31. The lowest BCUT2D eigenvalue weighted by atomic mass is 9.75. The van der Waals surface area contributed by atoms with Gasteiger partial charge in [-0.3, -0.25) is 0 Å². The predicted molar refractivity (Wildman–Crippen MR) is 68.6 cm³/mol. The smallest absolute Gasteiger partial charge is 0.0328 e. The molecule has 0 aromatic rings. The highest BCUT2D eigenvalue weighted by Gasteiger charge is 2.39. The van der Waals surface area contributed by atoms with Crippen molar-refractivity contribution < 1.29 is 0 Å². The fraction of sp³-hybridized carbons (Fsp3) is 1.00. The van der Waals surface area contributed by atoms with Crippen molar-refractivity contribution in [3.05, 3.63) is 0 Å². The van der Waals surface area contributed by atoms with Gasteiger partial charge in [-0.1, -0.05) is 6.92 Å². The van der Waals surface area contributed by atoms with E-state index in [2.05, 4.69) is 43.0 Å². The van der Waals surface area contributed by atoms with Crippen LogP contribution in [0.5, 0.6) is 0 Å². The second-order valence-electron chi connectivity index (χ2n) is 5.43. The van der Waals surface area contributed by atoms with E-state index in [4.69, 9.17) is 0 Å². The van der Waals surface area contributed by atoms with Gasteiger partial charge in [-0.25, -0.2) is 0 Å². The van der Waals surface area contributed by atoms with Gasteiger partial charge in [0.15, 0.2) is 0 Å². The van der Waals surface area contributed by atoms with Crippen LogP contribution in [0, 0.1) is 0 Å². The third kappa shape index (κ3) is 2.51. The molecule has 1 N–H and O–H groups in total. The molecule has 3 heteroatoms. The average molecular weight is 228 g/mol. The third-order valence-corrected chi connectivity index (χ3v) is 5.51. The molecule has 1 saturated heterocycles. The summed E-state index contributed by atoms with van der Waals surface area (Å²) in [6, 6.07) is 0.766. The summed E-state index contributed by atoms with van der Waals surface area (Å²) in [6.45, 7) is 3.54. The van der Waals surface area contributed by atoms with Crippen LogP contribution in [0.4, 0.5) is 0 Å². The number of hydrogen-bond acceptors (Lipinski definition) is 3. The normalized spacial score (nSPS) is 34.4. The van der Waals surface area contributed by atoms with Crippen LogP contribution in [-0.4, -0.2) is 48.1 Å². The molecule has 2 rings (SSSR count). The third-order valence-electron chi connectivity index (χ3n) is 4.15. The Labute approximate surface area is 98.2 Å². The Morgan fingerprint density at radius 3 is 2.53 bits per heavy atom. The van der Waals surface area contributed by atoms with Crippen LogP contribution in [0.3, 0.4) is 0 Å². The molecule has 1 aliphatic carbocycles. The van der Waals surface area contributed by atoms with E-state index >= 15 is 0 Å². The fourth-order valence-corrected chi connectivity index (χ4v) is 3.84. The predicted octanol–water partition coefficient (Wildman–Crippen LogP) is 1.95. The van der Waals surface area contributed by atoms with Crippen LogP contribution in [0.15, 0.2) is 0 Å². The highest BCUT2D eigenvalue weighted by molar-refractivity contribution is 8.00. The second-order valence-corrected chi connectivity index (χ2v) is 6.90. The zero-order valence-electron chi connectivity index (χ0n) is 10.3. The molecule has 0 spiro atoms. The van der Waals surface area contributed by atoms with Crippen LogP contribution in [0.1, 0.15) is 32.6 Å². The summed E-state index contributed by atoms with van der Waals surface area (Å²) in [7, 11) is 4.46. The van der Waals surface area contributed by atoms with Crippen LogP contribution < -0.4 is 5.32 Å². The van der Waals surface area contributed by atoms with Gasteiger partial charge in [0, 0.05) is 29.1 Å². The van der Waals surface area contributed by atoms with Crippen LogP contribution in [-0.2, 0) is 0 Å². The van der Waals surface area contributed by atoms with Gasteiger partial charge in [0.1, 0.15) is 0 Å². The number of hydrogen-bond donors (Lipinski definition) is 1. The maximum absolute atomic E-state index is 3.77. The van der Waals surface area contributed by atoms with Gasteiger partial charge >= 0.3 is 0 Å². The molecule has 2 unspecified atom stereocenters. The first kappa shape index (κ1) is 11.7. The molecule has 15 heavy (non-hydrogen) atoms. The van der Waals surface area contributed by atoms with Gasteiger partial charge in [0.05, 0.1) is 0 Å². The molecule has 2 aliphatic rings. The van der Waals surface area contributed by atoms with E-state index < -0.39 is 0 Å². The van der Waals surface area contributed by atoms with Gasteiger partial charge in [-0.05, 0) is 39.8 Å². The van der Waals surface area contributed by atoms with Crippen molar-refractivity contribution in [2.24, 2.45) is 0 Å². The van der Waals surface area contributed by atoms with E-state index in [0.29, 0.717) is 5.54 Å². The summed E-state index contributed by atoms with van der Waals surface area (Å²) in [6.07, 6.45) is 5.52. The summed E-state index contributed by atoms with van der Waals surface area (Å²) in [5, 5.41) is 4.63. The molecular weight excluding hydrogens is 204 g/mol. The molecule has 2 nitrogen and oxygen atoms in total. The molecule has 88 valence electrons. The van der Waals surface area contributed by atoms with Crippen molar-refractivity contribution in [3.63, 3.8) is 0 Å². The first-order chi connectivity index (χ1) is 7.12. The molecule has 0 aromatic heterocycles. The monoisotopic (exact) mass is 228 g/mol. The Morgan fingerprint density at radius 2 is 2.13 bits per heavy atom. The maximum Gasteiger partial charge on any atom is 0.0328 e. The quantitative estimate of drug-likeness (QED) is 0.792. The number of likely N-dealkylation sites (N-methyl/N-ethyl adjacent to an activating group) is 1. The van der Waals surface area contributed by atoms with E-state index in [1.54, 1.807) is 0 Å². The van der Waals surface area contributed by atoms with Crippen LogP contribution in [0.25, 0.3) is 0 Å². The lowest BCUT2D eigenvalue weighted by Gasteiger charge is -2.48. The molecule has 1 aliphatic heterocycles. The van der Waals surface area contributed by atoms with Gasteiger partial charge in [0.25, 0.3) is 0 Å². The molecule has 2 fully saturated rings. The van der Waals surface area contributed by atoms with Gasteiger partial charge in [-0.15, -0.1) is 0 Å². The van der Waals surface area contributed by atoms with Crippen molar-refractivity contribution >= 4 is 11.8 Å². The minimum Gasteiger partial charge on any atom is -0.311 e. The van der Waals surface area contributed by atoms with Crippen molar-refractivity contribution in [2.75, 3.05) is 26.4 Å². The number of rotatable bonds is 4. The first-order valence-corrected chi connectivity index (χ1v) is 7.20. The molecule has 0 bridgehead atoms. The largest absolute Gasteiger partial charge is 0.311 e. The Balaban J connectivity index is 1.77. The average Bonchev–Trinajstić information content (AvgIpc) is 2.49. The molecular formula is C12H24N2S. The van der Waals surface area contributed by atoms with Gasteiger partial charge < -0.3 is 10.2 Å². The van der Waals surface area contributed by atoms with Crippen molar-refractivity contribution in [2.45, 2.75) is 49.4 Å². The van der Waals surface area contributed by atoms with Crippen LogP contribution >= 0.6 is 11.8 Å². The SMILES string of the molecule is CC1CC(NCC2(N(C)C)CCC2)CS1. The Kier molecular flexibility index (Phi) is 3.63. The topological polar surface area (TPSA) is 15.3 Å². The maximum atomic E-state index is 3.77. The van der Waals surface area contributed by atoms with Gasteiger partial charge in [-0.2, -0.15) is 11.8 Å². The summed E-state index contributed by atoms with van der Waals surface area (Å²) < 4.78 is 0. The minimum absolute atomic E-state index is 0.483. The Morgan fingerprint density at radius 1 is 1.40 bits per heavy atom. The van der Waals surface area contributed by atoms with E-state index in [9.17, 15) is 0 Å². The minimum atomic E-state index is 0.483. The molecule has 2 atom stereocenters. The summed E-state index contributed by atoms with van der Waals surface area (Å²) in [5.41, 5.74) is 0.483. The van der Waals surface area contributed by atoms with Gasteiger partial charge in [0.2, 0.25) is 0 Å². The van der Waals surface area contributed by atoms with Crippen molar-refractivity contribution in [1.29, 1.82) is 0 Å². The molecule has 0 radical (unpaired) electrons. The summed E-state index contributed by atoms with van der Waals surface area (Å²) in [4.78, 5) is 2.43. The second kappa shape index (κ2) is 4.64. The van der Waals surface area contributed by atoms with E-state index in [1.807, 2.05) is 0 Å². The molecule has 1 heterocycles. The first-order valence-electron chi connectivity index (χ1n) is 6.15. The molecule has 0 aromatic carbocycles.